The predicted molar refractivity (Wildman–Crippen MR) is 136 cm³/mol. The van der Waals surface area contributed by atoms with E-state index in [9.17, 15) is 4.79 Å². The van der Waals surface area contributed by atoms with Gasteiger partial charge in [-0.3, -0.25) is 9.48 Å². The van der Waals surface area contributed by atoms with Gasteiger partial charge >= 0.3 is 0 Å². The summed E-state index contributed by atoms with van der Waals surface area (Å²) in [5, 5.41) is 4.56. The average molecular weight is 466 g/mol. The number of nitrogens with one attached hydrogen (secondary N) is 1. The van der Waals surface area contributed by atoms with Crippen LogP contribution in [0.1, 0.15) is 48.2 Å². The summed E-state index contributed by atoms with van der Waals surface area (Å²) in [6, 6.07) is 10.7. The molecule has 0 saturated heterocycles. The lowest BCUT2D eigenvalue weighted by molar-refractivity contribution is -0.113. The number of aromatic amines is 1. The van der Waals surface area contributed by atoms with Gasteiger partial charge in [-0.25, -0.2) is 0 Å². The molecule has 0 spiro atoms. The van der Waals surface area contributed by atoms with Crippen LogP contribution in [-0.4, -0.2) is 33.3 Å². The van der Waals surface area contributed by atoms with Gasteiger partial charge in [0.15, 0.2) is 0 Å². The normalized spacial score (nSPS) is 21.4. The Morgan fingerprint density at radius 2 is 1.91 bits per heavy atom. The zero-order valence-electron chi connectivity index (χ0n) is 19.5. The third-order valence-corrected chi connectivity index (χ3v) is 6.87. The van der Waals surface area contributed by atoms with E-state index in [2.05, 4.69) is 41.3 Å². The van der Waals surface area contributed by atoms with Crippen LogP contribution in [0.4, 0.5) is 5.69 Å². The zero-order chi connectivity index (χ0) is 22.4. The van der Waals surface area contributed by atoms with Gasteiger partial charge in [-0.15, -0.1) is 12.4 Å². The summed E-state index contributed by atoms with van der Waals surface area (Å²) >= 11 is 0. The number of anilines is 1. The van der Waals surface area contributed by atoms with Crippen LogP contribution in [0.25, 0.3) is 22.9 Å². The molecule has 1 aliphatic heterocycles. The quantitative estimate of drug-likeness (QED) is 0.540. The summed E-state index contributed by atoms with van der Waals surface area (Å²) in [5.74, 6) is 0.568. The lowest BCUT2D eigenvalue weighted by atomic mass is 9.86. The van der Waals surface area contributed by atoms with Crippen LogP contribution in [0.5, 0.6) is 0 Å². The molecule has 3 aromatic rings. The molecule has 2 aliphatic rings. The highest BCUT2D eigenvalue weighted by Gasteiger charge is 2.35. The van der Waals surface area contributed by atoms with Crippen molar-refractivity contribution in [3.63, 3.8) is 0 Å². The first kappa shape index (κ1) is 23.3. The molecule has 3 heterocycles. The fourth-order valence-electron chi connectivity index (χ4n) is 5.07. The van der Waals surface area contributed by atoms with Crippen molar-refractivity contribution in [1.82, 2.24) is 14.8 Å². The van der Waals surface area contributed by atoms with Crippen molar-refractivity contribution < 1.29 is 4.79 Å². The first-order chi connectivity index (χ1) is 15.4. The van der Waals surface area contributed by atoms with Crippen molar-refractivity contribution in [3.05, 3.63) is 59.0 Å². The number of fused-ring (bicyclic) bond motifs is 1. The summed E-state index contributed by atoms with van der Waals surface area (Å²) in [6.07, 6.45) is 8.19. The topological polar surface area (TPSA) is 79.9 Å². The highest BCUT2D eigenvalue weighted by atomic mass is 35.5. The predicted octanol–water partition coefficient (Wildman–Crippen LogP) is 4.86. The molecule has 2 aromatic heterocycles. The van der Waals surface area contributed by atoms with E-state index < -0.39 is 0 Å². The van der Waals surface area contributed by atoms with Crippen molar-refractivity contribution >= 4 is 35.7 Å². The number of carbonyl (C=O) groups excluding carboxylic acids is 1. The SMILES string of the molecule is Cc1cc(C)c(/C=C2\C(=O)N(CC3CCC(N)CC3)c3cc(-c4ccn(C)n4)ccc32)[nH]1.Cl. The molecule has 1 fully saturated rings. The minimum atomic E-state index is 0. The van der Waals surface area contributed by atoms with Gasteiger partial charge in [0.25, 0.3) is 5.91 Å². The van der Waals surface area contributed by atoms with Crippen molar-refractivity contribution in [2.45, 2.75) is 45.6 Å². The van der Waals surface area contributed by atoms with E-state index in [4.69, 9.17) is 5.73 Å². The summed E-state index contributed by atoms with van der Waals surface area (Å²) in [6.45, 7) is 4.85. The molecule has 33 heavy (non-hydrogen) atoms. The third kappa shape index (κ3) is 4.50. The Morgan fingerprint density at radius 1 is 1.15 bits per heavy atom. The second-order valence-corrected chi connectivity index (χ2v) is 9.41. The molecule has 0 radical (unpaired) electrons. The van der Waals surface area contributed by atoms with E-state index in [0.717, 1.165) is 77.3 Å². The number of rotatable bonds is 4. The van der Waals surface area contributed by atoms with Gasteiger partial charge in [0.2, 0.25) is 0 Å². The number of carbonyl (C=O) groups is 1. The first-order valence-electron chi connectivity index (χ1n) is 11.5. The van der Waals surface area contributed by atoms with Crippen LogP contribution < -0.4 is 10.6 Å². The lowest BCUT2D eigenvalue weighted by Gasteiger charge is -2.30. The smallest absolute Gasteiger partial charge is 0.259 e. The van der Waals surface area contributed by atoms with Gasteiger partial charge in [0.1, 0.15) is 0 Å². The van der Waals surface area contributed by atoms with E-state index in [1.165, 1.54) is 0 Å². The number of hydrogen-bond acceptors (Lipinski definition) is 3. The summed E-state index contributed by atoms with van der Waals surface area (Å²) in [5.41, 5.74) is 14.0. The number of aryl methyl sites for hydroxylation is 3. The van der Waals surface area contributed by atoms with E-state index >= 15 is 0 Å². The molecule has 1 aromatic carbocycles. The Bertz CT molecular complexity index is 1200. The first-order valence-corrected chi connectivity index (χ1v) is 11.5. The van der Waals surface area contributed by atoms with Crippen molar-refractivity contribution in [2.75, 3.05) is 11.4 Å². The van der Waals surface area contributed by atoms with Gasteiger partial charge in [-0.05, 0) is 75.3 Å². The fourth-order valence-corrected chi connectivity index (χ4v) is 5.07. The molecular weight excluding hydrogens is 434 g/mol. The van der Waals surface area contributed by atoms with Crippen LogP contribution in [0, 0.1) is 19.8 Å². The molecule has 3 N–H and O–H groups in total. The van der Waals surface area contributed by atoms with E-state index in [1.54, 1.807) is 4.68 Å². The largest absolute Gasteiger partial charge is 0.359 e. The van der Waals surface area contributed by atoms with Crippen molar-refractivity contribution in [1.29, 1.82) is 0 Å². The Morgan fingerprint density at radius 3 is 2.55 bits per heavy atom. The maximum absolute atomic E-state index is 13.7. The standard InChI is InChI=1S/C26H31N5O.ClH/c1-16-12-17(2)28-24(16)14-22-21-9-6-19(23-10-11-30(3)29-23)13-25(21)31(26(22)32)15-18-4-7-20(27)8-5-18;/h6,9-14,18,20,28H,4-5,7-8,15,27H2,1-3H3;1H/b22-14-;. The van der Waals surface area contributed by atoms with Gasteiger partial charge in [-0.1, -0.05) is 12.1 Å². The van der Waals surface area contributed by atoms with Gasteiger partial charge < -0.3 is 15.6 Å². The van der Waals surface area contributed by atoms with Crippen molar-refractivity contribution in [2.24, 2.45) is 18.7 Å². The van der Waals surface area contributed by atoms with E-state index in [-0.39, 0.29) is 18.3 Å². The summed E-state index contributed by atoms with van der Waals surface area (Å²) in [4.78, 5) is 19.1. The molecule has 1 aliphatic carbocycles. The number of benzene rings is 1. The number of amides is 1. The van der Waals surface area contributed by atoms with Crippen LogP contribution in [0.15, 0.2) is 36.5 Å². The highest BCUT2D eigenvalue weighted by Crippen LogP contribution is 2.41. The number of nitrogens with two attached hydrogens (primary N) is 1. The number of halogens is 1. The van der Waals surface area contributed by atoms with E-state index in [1.807, 2.05) is 37.2 Å². The molecule has 0 atom stereocenters. The monoisotopic (exact) mass is 465 g/mol. The summed E-state index contributed by atoms with van der Waals surface area (Å²) in [7, 11) is 1.92. The second-order valence-electron chi connectivity index (χ2n) is 9.41. The summed E-state index contributed by atoms with van der Waals surface area (Å²) < 4.78 is 1.80. The van der Waals surface area contributed by atoms with Crippen LogP contribution >= 0.6 is 12.4 Å². The molecule has 5 rings (SSSR count). The molecule has 1 saturated carbocycles. The van der Waals surface area contributed by atoms with Crippen LogP contribution in [-0.2, 0) is 11.8 Å². The van der Waals surface area contributed by atoms with Gasteiger partial charge in [-0.2, -0.15) is 5.10 Å². The molecule has 174 valence electrons. The average Bonchev–Trinajstić information content (AvgIpc) is 3.41. The maximum atomic E-state index is 13.7. The van der Waals surface area contributed by atoms with Crippen LogP contribution in [0.2, 0.25) is 0 Å². The Labute approximate surface area is 201 Å². The number of H-pyrrole nitrogens is 1. The molecule has 0 bridgehead atoms. The molecular formula is C26H32ClN5O. The maximum Gasteiger partial charge on any atom is 0.259 e. The Hall–Kier alpha value is -2.83. The molecule has 7 heteroatoms. The minimum Gasteiger partial charge on any atom is -0.359 e. The second kappa shape index (κ2) is 9.20. The van der Waals surface area contributed by atoms with Gasteiger partial charge in [0, 0.05) is 48.3 Å². The molecule has 6 nitrogen and oxygen atoms in total. The fraction of sp³-hybridized carbons (Fsp3) is 0.385. The zero-order valence-corrected chi connectivity index (χ0v) is 20.3. The Balaban J connectivity index is 0.00000259. The van der Waals surface area contributed by atoms with Crippen LogP contribution in [0.3, 0.4) is 0 Å². The minimum absolute atomic E-state index is 0. The molecule has 0 unspecified atom stereocenters. The highest BCUT2D eigenvalue weighted by molar-refractivity contribution is 6.36. The number of aromatic nitrogens is 3. The lowest BCUT2D eigenvalue weighted by Crippen LogP contribution is -2.36. The van der Waals surface area contributed by atoms with Gasteiger partial charge in [0.05, 0.1) is 17.0 Å². The number of nitrogens with zero attached hydrogens (tertiary/aromatic N) is 3. The molecule has 1 amide bonds. The van der Waals surface area contributed by atoms with Crippen molar-refractivity contribution in [3.8, 4) is 11.3 Å². The Kier molecular flexibility index (Phi) is 6.50. The van der Waals surface area contributed by atoms with E-state index in [0.29, 0.717) is 12.0 Å². The number of hydrogen-bond donors (Lipinski definition) is 2. The third-order valence-electron chi connectivity index (χ3n) is 6.87.